The van der Waals surface area contributed by atoms with Crippen molar-refractivity contribution in [2.75, 3.05) is 18.1 Å². The van der Waals surface area contributed by atoms with Gasteiger partial charge in [-0.05, 0) is 17.9 Å². The molecule has 0 spiro atoms. The summed E-state index contributed by atoms with van der Waals surface area (Å²) in [7, 11) is 0. The molecule has 0 aliphatic heterocycles. The Hall–Kier alpha value is -1.69. The summed E-state index contributed by atoms with van der Waals surface area (Å²) in [6.07, 6.45) is 1.87. The van der Waals surface area contributed by atoms with E-state index in [4.69, 9.17) is 5.11 Å². The maximum Gasteiger partial charge on any atom is 0.319 e. The van der Waals surface area contributed by atoms with E-state index < -0.39 is 5.97 Å². The van der Waals surface area contributed by atoms with Gasteiger partial charge in [0.1, 0.15) is 0 Å². The van der Waals surface area contributed by atoms with Crippen LogP contribution in [0.15, 0.2) is 24.3 Å². The maximum atomic E-state index is 11.7. The number of rotatable bonds is 6. The molecule has 19 heavy (non-hydrogen) atoms. The molecule has 0 aliphatic rings. The van der Waals surface area contributed by atoms with Crippen molar-refractivity contribution >= 4 is 29.4 Å². The Morgan fingerprint density at radius 3 is 2.68 bits per heavy atom. The van der Waals surface area contributed by atoms with Crippen molar-refractivity contribution in [3.63, 3.8) is 0 Å². The topological polar surface area (TPSA) is 78.4 Å². The zero-order valence-electron chi connectivity index (χ0n) is 11.0. The molecule has 0 aromatic heterocycles. The fourth-order valence-corrected chi connectivity index (χ4v) is 1.70. The number of urea groups is 1. The average molecular weight is 282 g/mol. The Bertz CT molecular complexity index is 451. The highest BCUT2D eigenvalue weighted by Crippen LogP contribution is 2.15. The van der Waals surface area contributed by atoms with Gasteiger partial charge in [-0.25, -0.2) is 4.79 Å². The zero-order chi connectivity index (χ0) is 14.3. The van der Waals surface area contributed by atoms with E-state index in [0.717, 1.165) is 0 Å². The molecule has 2 amide bonds. The number of hydrogen-bond acceptors (Lipinski definition) is 3. The van der Waals surface area contributed by atoms with Gasteiger partial charge in [0.25, 0.3) is 0 Å². The van der Waals surface area contributed by atoms with Gasteiger partial charge in [-0.2, -0.15) is 11.8 Å². The van der Waals surface area contributed by atoms with E-state index in [2.05, 4.69) is 10.6 Å². The predicted octanol–water partition coefficient (Wildman–Crippen LogP) is 2.19. The molecule has 6 heteroatoms. The van der Waals surface area contributed by atoms with Gasteiger partial charge >= 0.3 is 12.0 Å². The van der Waals surface area contributed by atoms with Crippen LogP contribution in [0.1, 0.15) is 12.5 Å². The lowest BCUT2D eigenvalue weighted by atomic mass is 10.1. The second-order valence-electron chi connectivity index (χ2n) is 4.11. The summed E-state index contributed by atoms with van der Waals surface area (Å²) in [5.41, 5.74) is 1.11. The lowest BCUT2D eigenvalue weighted by Crippen LogP contribution is -2.33. The Morgan fingerprint density at radius 1 is 1.37 bits per heavy atom. The fraction of sp³-hybridized carbons (Fsp3) is 0.385. The third kappa shape index (κ3) is 5.65. The van der Waals surface area contributed by atoms with Crippen LogP contribution in [0.4, 0.5) is 10.5 Å². The van der Waals surface area contributed by atoms with Gasteiger partial charge in [0.05, 0.1) is 6.42 Å². The summed E-state index contributed by atoms with van der Waals surface area (Å²) < 4.78 is 0. The summed E-state index contributed by atoms with van der Waals surface area (Å²) >= 11 is 1.66. The molecule has 0 heterocycles. The number of carboxylic acids is 1. The first-order valence-electron chi connectivity index (χ1n) is 5.90. The third-order valence-electron chi connectivity index (χ3n) is 2.56. The number of carboxylic acid groups (broad SMARTS) is 1. The largest absolute Gasteiger partial charge is 0.481 e. The van der Waals surface area contributed by atoms with Crippen molar-refractivity contribution in [3.05, 3.63) is 29.8 Å². The molecule has 1 atom stereocenters. The minimum Gasteiger partial charge on any atom is -0.481 e. The summed E-state index contributed by atoms with van der Waals surface area (Å²) in [5, 5.41) is 14.6. The van der Waals surface area contributed by atoms with Crippen molar-refractivity contribution in [3.8, 4) is 0 Å². The zero-order valence-corrected chi connectivity index (χ0v) is 11.8. The first kappa shape index (κ1) is 15.4. The summed E-state index contributed by atoms with van der Waals surface area (Å²) in [5.74, 6) is -0.925. The minimum atomic E-state index is -0.925. The van der Waals surface area contributed by atoms with E-state index in [0.29, 0.717) is 23.0 Å². The monoisotopic (exact) mass is 282 g/mol. The number of aliphatic carboxylic acids is 1. The van der Waals surface area contributed by atoms with Crippen molar-refractivity contribution in [1.82, 2.24) is 5.32 Å². The molecule has 0 bridgehead atoms. The van der Waals surface area contributed by atoms with Gasteiger partial charge in [0.2, 0.25) is 0 Å². The standard InChI is InChI=1S/C13H18N2O3S/c1-9(19-2)8-14-13(18)15-11-6-4-3-5-10(11)7-12(16)17/h3-6,9H,7-8H2,1-2H3,(H,16,17)(H2,14,15,18). The maximum absolute atomic E-state index is 11.7. The molecule has 1 rings (SSSR count). The first-order valence-corrected chi connectivity index (χ1v) is 7.19. The van der Waals surface area contributed by atoms with Crippen LogP contribution in [0.5, 0.6) is 0 Å². The van der Waals surface area contributed by atoms with E-state index in [9.17, 15) is 9.59 Å². The van der Waals surface area contributed by atoms with E-state index >= 15 is 0 Å². The molecule has 0 saturated heterocycles. The minimum absolute atomic E-state index is 0.113. The number of benzene rings is 1. The summed E-state index contributed by atoms with van der Waals surface area (Å²) in [4.78, 5) is 22.4. The van der Waals surface area contributed by atoms with Crippen molar-refractivity contribution in [1.29, 1.82) is 0 Å². The lowest BCUT2D eigenvalue weighted by Gasteiger charge is -2.13. The van der Waals surface area contributed by atoms with Gasteiger partial charge in [0.15, 0.2) is 0 Å². The third-order valence-corrected chi connectivity index (χ3v) is 3.53. The lowest BCUT2D eigenvalue weighted by molar-refractivity contribution is -0.136. The Balaban J connectivity index is 2.61. The van der Waals surface area contributed by atoms with Crippen molar-refractivity contribution in [2.45, 2.75) is 18.6 Å². The second-order valence-corrected chi connectivity index (χ2v) is 5.39. The number of amides is 2. The molecule has 1 aromatic carbocycles. The predicted molar refractivity (Wildman–Crippen MR) is 77.8 cm³/mol. The normalized spacial score (nSPS) is 11.7. The van der Waals surface area contributed by atoms with Gasteiger partial charge in [-0.3, -0.25) is 4.79 Å². The molecular formula is C13H18N2O3S. The average Bonchev–Trinajstić information content (AvgIpc) is 2.37. The molecule has 0 fully saturated rings. The van der Waals surface area contributed by atoms with E-state index in [1.165, 1.54) is 0 Å². The number of carbonyl (C=O) groups is 2. The van der Waals surface area contributed by atoms with Crippen LogP contribution >= 0.6 is 11.8 Å². The molecule has 5 nitrogen and oxygen atoms in total. The van der Waals surface area contributed by atoms with Crippen molar-refractivity contribution < 1.29 is 14.7 Å². The molecule has 0 saturated carbocycles. The van der Waals surface area contributed by atoms with Crippen LogP contribution in [0.25, 0.3) is 0 Å². The second kappa shape index (κ2) is 7.68. The van der Waals surface area contributed by atoms with Crippen LogP contribution in [-0.4, -0.2) is 35.2 Å². The van der Waals surface area contributed by atoms with Gasteiger partial charge in [0, 0.05) is 17.5 Å². The fourth-order valence-electron chi connectivity index (χ4n) is 1.45. The Kier molecular flexibility index (Phi) is 6.21. The molecular weight excluding hydrogens is 264 g/mol. The van der Waals surface area contributed by atoms with Crippen LogP contribution < -0.4 is 10.6 Å². The van der Waals surface area contributed by atoms with E-state index in [1.807, 2.05) is 13.2 Å². The van der Waals surface area contributed by atoms with Crippen LogP contribution in [0, 0.1) is 0 Å². The van der Waals surface area contributed by atoms with Crippen LogP contribution in [0.3, 0.4) is 0 Å². The first-order chi connectivity index (χ1) is 9.02. The van der Waals surface area contributed by atoms with Crippen LogP contribution in [0.2, 0.25) is 0 Å². The summed E-state index contributed by atoms with van der Waals surface area (Å²) in [6, 6.07) is 6.56. The highest BCUT2D eigenvalue weighted by molar-refractivity contribution is 7.99. The summed E-state index contributed by atoms with van der Waals surface area (Å²) in [6.45, 7) is 2.58. The molecule has 104 valence electrons. The SMILES string of the molecule is CSC(C)CNC(=O)Nc1ccccc1CC(=O)O. The number of carbonyl (C=O) groups excluding carboxylic acids is 1. The molecule has 1 unspecified atom stereocenters. The van der Waals surface area contributed by atoms with Crippen molar-refractivity contribution in [2.24, 2.45) is 0 Å². The smallest absolute Gasteiger partial charge is 0.319 e. The number of para-hydroxylation sites is 1. The Morgan fingerprint density at radius 2 is 2.05 bits per heavy atom. The van der Waals surface area contributed by atoms with E-state index in [-0.39, 0.29) is 12.5 Å². The van der Waals surface area contributed by atoms with E-state index in [1.54, 1.807) is 36.0 Å². The molecule has 3 N–H and O–H groups in total. The molecule has 0 radical (unpaired) electrons. The number of nitrogens with one attached hydrogen (secondary N) is 2. The highest BCUT2D eigenvalue weighted by Gasteiger charge is 2.09. The van der Waals surface area contributed by atoms with Crippen LogP contribution in [-0.2, 0) is 11.2 Å². The van der Waals surface area contributed by atoms with Gasteiger partial charge in [-0.1, -0.05) is 25.1 Å². The molecule has 0 aliphatic carbocycles. The molecule has 1 aromatic rings. The number of thioether (sulfide) groups is 1. The highest BCUT2D eigenvalue weighted by atomic mass is 32.2. The quantitative estimate of drug-likeness (QED) is 0.747. The number of anilines is 1. The van der Waals surface area contributed by atoms with Gasteiger partial charge < -0.3 is 15.7 Å². The van der Waals surface area contributed by atoms with Gasteiger partial charge in [-0.15, -0.1) is 0 Å². The number of hydrogen-bond donors (Lipinski definition) is 3. The Labute approximate surface area is 116 Å².